The minimum Gasteiger partial charge on any atom is -0.469 e. The molecule has 8 nitrogen and oxygen atoms in total. The highest BCUT2D eigenvalue weighted by atomic mass is 16.5. The van der Waals surface area contributed by atoms with Crippen LogP contribution in [0.25, 0.3) is 0 Å². The van der Waals surface area contributed by atoms with E-state index in [1.165, 1.54) is 7.11 Å². The molecule has 0 atom stereocenters. The van der Waals surface area contributed by atoms with Crippen molar-refractivity contribution in [1.29, 1.82) is 0 Å². The monoisotopic (exact) mass is 296 g/mol. The summed E-state index contributed by atoms with van der Waals surface area (Å²) in [5.41, 5.74) is 0. The number of amides is 1. The second-order valence-electron chi connectivity index (χ2n) is 5.19. The summed E-state index contributed by atoms with van der Waals surface area (Å²) >= 11 is 0. The van der Waals surface area contributed by atoms with Gasteiger partial charge in [0.05, 0.1) is 13.7 Å². The van der Waals surface area contributed by atoms with Crippen LogP contribution in [0.1, 0.15) is 37.5 Å². The molecule has 116 valence electrons. The minimum atomic E-state index is -0.244. The van der Waals surface area contributed by atoms with E-state index in [2.05, 4.69) is 20.3 Å². The number of hydrogen-bond donors (Lipinski definition) is 1. The van der Waals surface area contributed by atoms with E-state index in [0.29, 0.717) is 31.2 Å². The molecule has 0 spiro atoms. The van der Waals surface area contributed by atoms with Gasteiger partial charge in [-0.15, -0.1) is 5.10 Å². The van der Waals surface area contributed by atoms with Crippen LogP contribution in [-0.2, 0) is 14.3 Å². The fraction of sp³-hybridized carbons (Fsp3) is 0.692. The maximum Gasteiger partial charge on any atom is 0.322 e. The number of carbonyl (C=O) groups is 2. The first-order chi connectivity index (χ1) is 10.1. The van der Waals surface area contributed by atoms with Crippen molar-refractivity contribution in [3.63, 3.8) is 0 Å². The number of rotatable bonds is 8. The molecule has 0 saturated heterocycles. The molecule has 2 rings (SSSR count). The van der Waals surface area contributed by atoms with Crippen molar-refractivity contribution < 1.29 is 18.7 Å². The molecular weight excluding hydrogens is 276 g/mol. The molecule has 0 bridgehead atoms. The molecule has 1 amide bonds. The summed E-state index contributed by atoms with van der Waals surface area (Å²) in [4.78, 5) is 24.6. The Bertz CT molecular complexity index is 498. The Morgan fingerprint density at radius 2 is 2.19 bits per heavy atom. The number of methoxy groups -OCH3 is 1. The molecular formula is C13H20N4O4. The Morgan fingerprint density at radius 1 is 1.43 bits per heavy atom. The Balaban J connectivity index is 1.66. The van der Waals surface area contributed by atoms with Crippen LogP contribution in [0.5, 0.6) is 0 Å². The van der Waals surface area contributed by atoms with Gasteiger partial charge in [0.25, 0.3) is 0 Å². The van der Waals surface area contributed by atoms with E-state index in [-0.39, 0.29) is 24.4 Å². The standard InChI is InChI=1S/C13H20N4O4/c1-17(7-3-4-11(19)20-2)8-10(18)14-13-16-15-12(21-13)9-5-6-9/h9H,3-8H2,1-2H3,(H,14,16,18). The summed E-state index contributed by atoms with van der Waals surface area (Å²) in [6.45, 7) is 0.821. The molecule has 1 N–H and O–H groups in total. The van der Waals surface area contributed by atoms with Gasteiger partial charge >= 0.3 is 12.0 Å². The number of aromatic nitrogens is 2. The maximum absolute atomic E-state index is 11.8. The molecule has 1 aliphatic carbocycles. The van der Waals surface area contributed by atoms with Crippen LogP contribution in [-0.4, -0.2) is 54.2 Å². The SMILES string of the molecule is COC(=O)CCCN(C)CC(=O)Nc1nnc(C2CC2)o1. The van der Waals surface area contributed by atoms with Crippen LogP contribution in [0.15, 0.2) is 4.42 Å². The minimum absolute atomic E-state index is 0.143. The van der Waals surface area contributed by atoms with Gasteiger partial charge in [0, 0.05) is 12.3 Å². The van der Waals surface area contributed by atoms with Crippen molar-refractivity contribution in [3.05, 3.63) is 5.89 Å². The van der Waals surface area contributed by atoms with Gasteiger partial charge in [-0.2, -0.15) is 0 Å². The number of nitrogens with zero attached hydrogens (tertiary/aromatic N) is 3. The summed E-state index contributed by atoms with van der Waals surface area (Å²) in [6, 6.07) is 0.143. The van der Waals surface area contributed by atoms with Crippen molar-refractivity contribution >= 4 is 17.9 Å². The molecule has 0 unspecified atom stereocenters. The first kappa shape index (κ1) is 15.4. The second-order valence-corrected chi connectivity index (χ2v) is 5.19. The molecule has 8 heteroatoms. The fourth-order valence-corrected chi connectivity index (χ4v) is 1.86. The summed E-state index contributed by atoms with van der Waals surface area (Å²) in [5, 5.41) is 10.3. The number of hydrogen-bond acceptors (Lipinski definition) is 7. The van der Waals surface area contributed by atoms with Crippen LogP contribution in [0, 0.1) is 0 Å². The van der Waals surface area contributed by atoms with E-state index in [1.807, 2.05) is 4.90 Å². The number of likely N-dealkylation sites (N-methyl/N-ethyl adjacent to an activating group) is 1. The summed E-state index contributed by atoms with van der Waals surface area (Å²) in [6.07, 6.45) is 3.12. The third-order valence-electron chi connectivity index (χ3n) is 3.18. The van der Waals surface area contributed by atoms with Gasteiger partial charge in [0.2, 0.25) is 11.8 Å². The van der Waals surface area contributed by atoms with E-state index in [9.17, 15) is 9.59 Å². The average molecular weight is 296 g/mol. The largest absolute Gasteiger partial charge is 0.469 e. The molecule has 0 aliphatic heterocycles. The fourth-order valence-electron chi connectivity index (χ4n) is 1.86. The maximum atomic E-state index is 11.8. The van der Waals surface area contributed by atoms with Gasteiger partial charge in [-0.1, -0.05) is 5.10 Å². The first-order valence-electron chi connectivity index (χ1n) is 6.97. The van der Waals surface area contributed by atoms with Crippen LogP contribution >= 0.6 is 0 Å². The Morgan fingerprint density at radius 3 is 2.86 bits per heavy atom. The molecule has 0 radical (unpaired) electrons. The summed E-state index contributed by atoms with van der Waals surface area (Å²) < 4.78 is 9.91. The van der Waals surface area contributed by atoms with Crippen LogP contribution < -0.4 is 5.32 Å². The van der Waals surface area contributed by atoms with Crippen LogP contribution in [0.4, 0.5) is 6.01 Å². The molecule has 1 saturated carbocycles. The van der Waals surface area contributed by atoms with Gasteiger partial charge in [0.1, 0.15) is 0 Å². The lowest BCUT2D eigenvalue weighted by atomic mass is 10.3. The highest BCUT2D eigenvalue weighted by Crippen LogP contribution is 2.39. The van der Waals surface area contributed by atoms with Gasteiger partial charge in [-0.05, 0) is 32.9 Å². The first-order valence-corrected chi connectivity index (χ1v) is 6.97. The molecule has 1 aromatic heterocycles. The van der Waals surface area contributed by atoms with Gasteiger partial charge < -0.3 is 9.15 Å². The number of anilines is 1. The number of nitrogens with one attached hydrogen (secondary N) is 1. The van der Waals surface area contributed by atoms with Gasteiger partial charge in [0.15, 0.2) is 0 Å². The van der Waals surface area contributed by atoms with Crippen molar-refractivity contribution in [1.82, 2.24) is 15.1 Å². The zero-order chi connectivity index (χ0) is 15.2. The van der Waals surface area contributed by atoms with E-state index in [1.54, 1.807) is 7.05 Å². The topological polar surface area (TPSA) is 97.6 Å². The molecule has 1 aromatic rings. The summed E-state index contributed by atoms with van der Waals surface area (Å²) in [5.74, 6) is 0.494. The second kappa shape index (κ2) is 7.16. The quantitative estimate of drug-likeness (QED) is 0.707. The predicted molar refractivity (Wildman–Crippen MR) is 73.6 cm³/mol. The van der Waals surface area contributed by atoms with E-state index in [4.69, 9.17) is 4.42 Å². The normalized spacial score (nSPS) is 14.2. The van der Waals surface area contributed by atoms with E-state index < -0.39 is 0 Å². The van der Waals surface area contributed by atoms with E-state index in [0.717, 1.165) is 12.8 Å². The molecule has 1 heterocycles. The third-order valence-corrected chi connectivity index (χ3v) is 3.18. The van der Waals surface area contributed by atoms with Crippen molar-refractivity contribution in [2.24, 2.45) is 0 Å². The van der Waals surface area contributed by atoms with Crippen LogP contribution in [0.2, 0.25) is 0 Å². The van der Waals surface area contributed by atoms with Crippen molar-refractivity contribution in [3.8, 4) is 0 Å². The molecule has 1 aliphatic rings. The van der Waals surface area contributed by atoms with Crippen molar-refractivity contribution in [2.45, 2.75) is 31.6 Å². The number of esters is 1. The zero-order valence-electron chi connectivity index (χ0n) is 12.3. The Labute approximate surface area is 122 Å². The smallest absolute Gasteiger partial charge is 0.322 e. The van der Waals surface area contributed by atoms with Crippen LogP contribution in [0.3, 0.4) is 0 Å². The zero-order valence-corrected chi connectivity index (χ0v) is 12.3. The van der Waals surface area contributed by atoms with E-state index >= 15 is 0 Å². The number of carbonyl (C=O) groups excluding carboxylic acids is 2. The lowest BCUT2D eigenvalue weighted by Gasteiger charge is -2.14. The Hall–Kier alpha value is -1.96. The van der Waals surface area contributed by atoms with Gasteiger partial charge in [-0.25, -0.2) is 0 Å². The molecule has 1 fully saturated rings. The lowest BCUT2D eigenvalue weighted by Crippen LogP contribution is -2.31. The number of ether oxygens (including phenoxy) is 1. The molecule has 21 heavy (non-hydrogen) atoms. The average Bonchev–Trinajstić information content (AvgIpc) is 3.19. The van der Waals surface area contributed by atoms with Gasteiger partial charge in [-0.3, -0.25) is 19.8 Å². The highest BCUT2D eigenvalue weighted by Gasteiger charge is 2.29. The highest BCUT2D eigenvalue weighted by molar-refractivity contribution is 5.90. The predicted octanol–water partition coefficient (Wildman–Crippen LogP) is 0.770. The molecule has 0 aromatic carbocycles. The summed E-state index contributed by atoms with van der Waals surface area (Å²) in [7, 11) is 3.17. The third kappa shape index (κ3) is 5.14. The lowest BCUT2D eigenvalue weighted by molar-refractivity contribution is -0.140. The Kier molecular flexibility index (Phi) is 5.26. The van der Waals surface area contributed by atoms with Crippen molar-refractivity contribution in [2.75, 3.05) is 32.6 Å².